The van der Waals surface area contributed by atoms with Crippen LogP contribution in [0.4, 0.5) is 0 Å². The van der Waals surface area contributed by atoms with Gasteiger partial charge in [-0.05, 0) is 32.8 Å². The van der Waals surface area contributed by atoms with Crippen molar-refractivity contribution in [2.75, 3.05) is 6.61 Å². The number of carbonyl (C=O) groups excluding carboxylic acids is 1. The van der Waals surface area contributed by atoms with Crippen molar-refractivity contribution >= 4 is 17.2 Å². The molecule has 7 heteroatoms. The summed E-state index contributed by atoms with van der Waals surface area (Å²) in [4.78, 5) is 17.8. The molecule has 0 N–H and O–H groups in total. The Morgan fingerprint density at radius 3 is 3.04 bits per heavy atom. The minimum atomic E-state index is -0.268. The van der Waals surface area contributed by atoms with Gasteiger partial charge >= 0.3 is 0 Å². The maximum atomic E-state index is 12.7. The number of hydrogen-bond acceptors (Lipinski definition) is 4. The molecule has 1 amide bonds. The van der Waals surface area contributed by atoms with E-state index in [2.05, 4.69) is 23.9 Å². The smallest absolute Gasteiger partial charge is 0.254 e. The zero-order chi connectivity index (χ0) is 16.4. The van der Waals surface area contributed by atoms with Crippen molar-refractivity contribution in [3.8, 4) is 0 Å². The highest BCUT2D eigenvalue weighted by Gasteiger charge is 2.35. The highest BCUT2D eigenvalue weighted by molar-refractivity contribution is 7.07. The molecule has 2 aromatic heterocycles. The van der Waals surface area contributed by atoms with Crippen LogP contribution in [0.5, 0.6) is 0 Å². The van der Waals surface area contributed by atoms with Gasteiger partial charge in [-0.3, -0.25) is 9.48 Å². The van der Waals surface area contributed by atoms with Crippen LogP contribution in [0, 0.1) is 5.92 Å². The van der Waals surface area contributed by atoms with Crippen LogP contribution in [-0.2, 0) is 16.6 Å². The predicted molar refractivity (Wildman–Crippen MR) is 87.9 cm³/mol. The van der Waals surface area contributed by atoms with E-state index in [-0.39, 0.29) is 24.0 Å². The highest BCUT2D eigenvalue weighted by atomic mass is 32.1. The van der Waals surface area contributed by atoms with Gasteiger partial charge in [0.25, 0.3) is 5.91 Å². The number of hydrogen-bond donors (Lipinski definition) is 0. The summed E-state index contributed by atoms with van der Waals surface area (Å²) in [5, 5.41) is 6.29. The zero-order valence-electron chi connectivity index (χ0n) is 13.7. The molecule has 0 spiro atoms. The van der Waals surface area contributed by atoms with Crippen molar-refractivity contribution in [3.63, 3.8) is 0 Å². The maximum absolute atomic E-state index is 12.7. The number of rotatable bonds is 3. The maximum Gasteiger partial charge on any atom is 0.254 e. The van der Waals surface area contributed by atoms with Gasteiger partial charge in [0.15, 0.2) is 4.80 Å². The average molecular weight is 334 g/mol. The molecule has 1 fully saturated rings. The summed E-state index contributed by atoms with van der Waals surface area (Å²) in [5.74, 6) is -0.357. The first kappa shape index (κ1) is 16.1. The largest absolute Gasteiger partial charge is 0.371 e. The van der Waals surface area contributed by atoms with E-state index in [0.29, 0.717) is 6.61 Å². The summed E-state index contributed by atoms with van der Waals surface area (Å²) < 4.78 is 9.74. The van der Waals surface area contributed by atoms with Crippen LogP contribution in [0.25, 0.3) is 0 Å². The van der Waals surface area contributed by atoms with Gasteiger partial charge in [0.2, 0.25) is 0 Å². The fourth-order valence-corrected chi connectivity index (χ4v) is 3.65. The first-order chi connectivity index (χ1) is 11.1. The van der Waals surface area contributed by atoms with Crippen LogP contribution in [0.15, 0.2) is 28.8 Å². The Balaban J connectivity index is 1.92. The van der Waals surface area contributed by atoms with Crippen molar-refractivity contribution in [2.45, 2.75) is 38.8 Å². The molecule has 0 aromatic carbocycles. The van der Waals surface area contributed by atoms with E-state index in [1.165, 1.54) is 11.3 Å². The number of aryl methyl sites for hydroxylation is 1. The molecular weight excluding hydrogens is 312 g/mol. The number of carbonyl (C=O) groups is 1. The van der Waals surface area contributed by atoms with Crippen molar-refractivity contribution < 1.29 is 9.53 Å². The van der Waals surface area contributed by atoms with Gasteiger partial charge in [0, 0.05) is 37.5 Å². The SMILES string of the molecule is CC(C)n1nccc1[C@@H]1OCCC[C@H]1C(=O)N=c1sccn1C. The molecule has 6 nitrogen and oxygen atoms in total. The molecule has 0 unspecified atom stereocenters. The van der Waals surface area contributed by atoms with Gasteiger partial charge in [0.05, 0.1) is 11.6 Å². The second kappa shape index (κ2) is 6.80. The van der Waals surface area contributed by atoms with Gasteiger partial charge in [-0.2, -0.15) is 10.1 Å². The fourth-order valence-electron chi connectivity index (χ4n) is 2.92. The summed E-state index contributed by atoms with van der Waals surface area (Å²) in [6, 6.07) is 2.18. The first-order valence-electron chi connectivity index (χ1n) is 7.91. The van der Waals surface area contributed by atoms with Gasteiger partial charge < -0.3 is 9.30 Å². The number of thiazole rings is 1. The number of nitrogens with zero attached hydrogens (tertiary/aromatic N) is 4. The van der Waals surface area contributed by atoms with Crippen molar-refractivity contribution in [3.05, 3.63) is 34.3 Å². The van der Waals surface area contributed by atoms with Crippen LogP contribution in [0.3, 0.4) is 0 Å². The lowest BCUT2D eigenvalue weighted by atomic mass is 9.91. The molecule has 23 heavy (non-hydrogen) atoms. The van der Waals surface area contributed by atoms with Crippen LogP contribution >= 0.6 is 11.3 Å². The standard InChI is InChI=1S/C16H22N4O2S/c1-11(2)20-13(6-7-17-20)14-12(5-4-9-22-14)15(21)18-16-19(3)8-10-23-16/h6-8,10-12,14H,4-5,9H2,1-3H3/t12-,14-/m1/s1. The van der Waals surface area contributed by atoms with Crippen LogP contribution in [0.1, 0.15) is 44.5 Å². The van der Waals surface area contributed by atoms with Gasteiger partial charge in [-0.15, -0.1) is 11.3 Å². The average Bonchev–Trinajstić information content (AvgIpc) is 3.17. The van der Waals surface area contributed by atoms with Crippen molar-refractivity contribution in [1.82, 2.24) is 14.3 Å². The van der Waals surface area contributed by atoms with Crippen LogP contribution in [0.2, 0.25) is 0 Å². The van der Waals surface area contributed by atoms with E-state index < -0.39 is 0 Å². The lowest BCUT2D eigenvalue weighted by Crippen LogP contribution is -2.31. The molecule has 0 aliphatic carbocycles. The topological polar surface area (TPSA) is 61.4 Å². The molecular formula is C16H22N4O2S. The minimum absolute atomic E-state index is 0.107. The van der Waals surface area contributed by atoms with Gasteiger partial charge in [0.1, 0.15) is 6.10 Å². The Hall–Kier alpha value is -1.73. The minimum Gasteiger partial charge on any atom is -0.371 e. The molecule has 0 saturated carbocycles. The Morgan fingerprint density at radius 2 is 2.35 bits per heavy atom. The molecule has 124 valence electrons. The second-order valence-corrected chi connectivity index (χ2v) is 6.95. The Morgan fingerprint density at radius 1 is 1.52 bits per heavy atom. The third-order valence-corrected chi connectivity index (χ3v) is 4.93. The molecule has 1 aliphatic rings. The van der Waals surface area contributed by atoms with Gasteiger partial charge in [-0.1, -0.05) is 0 Å². The van der Waals surface area contributed by atoms with E-state index in [9.17, 15) is 4.79 Å². The molecule has 1 aliphatic heterocycles. The third kappa shape index (κ3) is 3.30. The van der Waals surface area contributed by atoms with E-state index in [0.717, 1.165) is 23.3 Å². The number of ether oxygens (including phenoxy) is 1. The van der Waals surface area contributed by atoms with E-state index in [1.54, 1.807) is 6.20 Å². The van der Waals surface area contributed by atoms with Crippen molar-refractivity contribution in [2.24, 2.45) is 18.0 Å². The summed E-state index contributed by atoms with van der Waals surface area (Å²) in [6.45, 7) is 4.82. The Kier molecular flexibility index (Phi) is 4.77. The van der Waals surface area contributed by atoms with Crippen molar-refractivity contribution in [1.29, 1.82) is 0 Å². The quantitative estimate of drug-likeness (QED) is 0.866. The summed E-state index contributed by atoms with van der Waals surface area (Å²) >= 11 is 1.47. The third-order valence-electron chi connectivity index (χ3n) is 4.09. The molecule has 2 atom stereocenters. The lowest BCUT2D eigenvalue weighted by Gasteiger charge is -2.30. The monoisotopic (exact) mass is 334 g/mol. The number of aromatic nitrogens is 3. The summed E-state index contributed by atoms with van der Waals surface area (Å²) in [6.07, 6.45) is 5.08. The molecule has 3 rings (SSSR count). The fraction of sp³-hybridized carbons (Fsp3) is 0.562. The highest BCUT2D eigenvalue weighted by Crippen LogP contribution is 2.35. The summed E-state index contributed by atoms with van der Waals surface area (Å²) in [7, 11) is 1.89. The van der Waals surface area contributed by atoms with Gasteiger partial charge in [-0.25, -0.2) is 0 Å². The zero-order valence-corrected chi connectivity index (χ0v) is 14.5. The first-order valence-corrected chi connectivity index (χ1v) is 8.79. The van der Waals surface area contributed by atoms with E-state index in [4.69, 9.17) is 4.74 Å². The molecule has 1 saturated heterocycles. The second-order valence-electron chi connectivity index (χ2n) is 6.08. The van der Waals surface area contributed by atoms with E-state index in [1.807, 2.05) is 33.9 Å². The molecule has 3 heterocycles. The lowest BCUT2D eigenvalue weighted by molar-refractivity contribution is -0.132. The van der Waals surface area contributed by atoms with Crippen LogP contribution in [-0.4, -0.2) is 26.9 Å². The molecule has 0 bridgehead atoms. The number of amides is 1. The Bertz CT molecular complexity index is 743. The molecule has 2 aromatic rings. The summed E-state index contributed by atoms with van der Waals surface area (Å²) in [5.41, 5.74) is 0.962. The normalized spacial score (nSPS) is 22.7. The molecule has 0 radical (unpaired) electrons. The van der Waals surface area contributed by atoms with Crippen LogP contribution < -0.4 is 4.80 Å². The Labute approximate surface area is 139 Å². The van der Waals surface area contributed by atoms with E-state index >= 15 is 0 Å². The predicted octanol–water partition coefficient (Wildman–Crippen LogP) is 2.46.